The van der Waals surface area contributed by atoms with Crippen molar-refractivity contribution in [2.75, 3.05) is 55.5 Å². The molecule has 1 aliphatic rings. The van der Waals surface area contributed by atoms with Crippen LogP contribution in [-0.2, 0) is 0 Å². The first-order valence-electron chi connectivity index (χ1n) is 13.1. The van der Waals surface area contributed by atoms with Gasteiger partial charge in [0.05, 0.1) is 24.7 Å². The Kier molecular flexibility index (Phi) is 8.07. The molecule has 10 heteroatoms. The number of aromatic nitrogens is 3. The van der Waals surface area contributed by atoms with Crippen LogP contribution in [0.1, 0.15) is 11.1 Å². The van der Waals surface area contributed by atoms with Gasteiger partial charge in [-0.25, -0.2) is 19.7 Å². The molecule has 1 aliphatic heterocycles. The van der Waals surface area contributed by atoms with Gasteiger partial charge in [-0.3, -0.25) is 0 Å². The zero-order valence-corrected chi connectivity index (χ0v) is 23.2. The van der Waals surface area contributed by atoms with E-state index in [1.807, 2.05) is 44.2 Å². The van der Waals surface area contributed by atoms with E-state index in [0.717, 1.165) is 48.8 Å². The Morgan fingerprint density at radius 2 is 1.65 bits per heavy atom. The molecular formula is C30H33N7O3. The Labute approximate surface area is 234 Å². The lowest BCUT2D eigenvalue weighted by Gasteiger charge is -2.33. The van der Waals surface area contributed by atoms with Crippen molar-refractivity contribution < 1.29 is 14.3 Å². The summed E-state index contributed by atoms with van der Waals surface area (Å²) < 4.78 is 11.2. The summed E-state index contributed by atoms with van der Waals surface area (Å²) in [5.74, 6) is 2.80. The third-order valence-electron chi connectivity index (χ3n) is 6.81. The van der Waals surface area contributed by atoms with Crippen molar-refractivity contribution in [2.24, 2.45) is 0 Å². The third kappa shape index (κ3) is 6.13. The molecule has 0 spiro atoms. The number of nitrogens with one attached hydrogen (secondary N) is 1. The number of piperazine rings is 1. The van der Waals surface area contributed by atoms with Gasteiger partial charge >= 0.3 is 6.09 Å². The van der Waals surface area contributed by atoms with Gasteiger partial charge in [-0.1, -0.05) is 18.2 Å². The summed E-state index contributed by atoms with van der Waals surface area (Å²) in [5, 5.41) is 3.20. The van der Waals surface area contributed by atoms with E-state index in [-0.39, 0.29) is 0 Å². The number of para-hydroxylation sites is 1. The first-order chi connectivity index (χ1) is 19.4. The number of anilines is 5. The van der Waals surface area contributed by atoms with E-state index in [2.05, 4.69) is 37.1 Å². The molecule has 40 heavy (non-hydrogen) atoms. The summed E-state index contributed by atoms with van der Waals surface area (Å²) in [6.07, 6.45) is 2.77. The van der Waals surface area contributed by atoms with E-state index in [0.29, 0.717) is 29.0 Å². The maximum Gasteiger partial charge on any atom is 0.425 e. The summed E-state index contributed by atoms with van der Waals surface area (Å²) in [4.78, 5) is 33.3. The van der Waals surface area contributed by atoms with Crippen molar-refractivity contribution in [3.05, 3.63) is 84.2 Å². The average Bonchev–Trinajstić information content (AvgIpc) is 2.97. The maximum atomic E-state index is 13.6. The summed E-state index contributed by atoms with van der Waals surface area (Å²) in [7, 11) is 3.72. The highest BCUT2D eigenvalue weighted by atomic mass is 16.6. The topological polar surface area (TPSA) is 95.9 Å². The van der Waals surface area contributed by atoms with E-state index in [1.54, 1.807) is 49.8 Å². The standard InChI is InChI=1S/C30H33N7O3/c1-21-6-5-7-22(2)28(21)40-30(38)37(24-9-11-25(39-4)12-10-24)27-14-15-31-29(34-27)33-23-8-13-26(32-20-23)36-18-16-35(3)17-19-36/h5-15,20H,16-19H2,1-4H3,(H,31,33,34). The molecular weight excluding hydrogens is 506 g/mol. The molecule has 206 valence electrons. The summed E-state index contributed by atoms with van der Waals surface area (Å²) in [6, 6.07) is 18.5. The first kappa shape index (κ1) is 26.9. The van der Waals surface area contributed by atoms with Gasteiger partial charge in [-0.2, -0.15) is 4.98 Å². The minimum atomic E-state index is -0.592. The molecule has 0 saturated carbocycles. The molecule has 0 aliphatic carbocycles. The second-order valence-corrected chi connectivity index (χ2v) is 9.68. The van der Waals surface area contributed by atoms with Gasteiger partial charge in [0.25, 0.3) is 0 Å². The Balaban J connectivity index is 1.40. The molecule has 1 saturated heterocycles. The number of rotatable bonds is 7. The number of amides is 1. The number of benzene rings is 2. The zero-order chi connectivity index (χ0) is 28.1. The maximum absolute atomic E-state index is 13.6. The van der Waals surface area contributed by atoms with Gasteiger partial charge < -0.3 is 24.6 Å². The molecule has 1 amide bonds. The Morgan fingerprint density at radius 1 is 0.925 bits per heavy atom. The Hall–Kier alpha value is -4.70. The molecule has 5 rings (SSSR count). The van der Waals surface area contributed by atoms with Crippen molar-refractivity contribution >= 4 is 35.1 Å². The van der Waals surface area contributed by atoms with Gasteiger partial charge in [0.2, 0.25) is 5.95 Å². The number of carbonyl (C=O) groups excluding carboxylic acids is 1. The fourth-order valence-electron chi connectivity index (χ4n) is 4.50. The molecule has 10 nitrogen and oxygen atoms in total. The quantitative estimate of drug-likeness (QED) is 0.334. The largest absolute Gasteiger partial charge is 0.497 e. The lowest BCUT2D eigenvalue weighted by Crippen LogP contribution is -2.44. The second kappa shape index (κ2) is 12.0. The van der Waals surface area contributed by atoms with E-state index in [1.165, 1.54) is 4.90 Å². The monoisotopic (exact) mass is 539 g/mol. The van der Waals surface area contributed by atoms with Crippen molar-refractivity contribution in [2.45, 2.75) is 13.8 Å². The van der Waals surface area contributed by atoms with Gasteiger partial charge in [-0.05, 0) is 68.4 Å². The number of methoxy groups -OCH3 is 1. The molecule has 2 aromatic carbocycles. The first-order valence-corrected chi connectivity index (χ1v) is 13.1. The van der Waals surface area contributed by atoms with Crippen LogP contribution in [0.3, 0.4) is 0 Å². The van der Waals surface area contributed by atoms with Crippen LogP contribution in [-0.4, -0.2) is 66.3 Å². The van der Waals surface area contributed by atoms with Crippen molar-refractivity contribution in [1.29, 1.82) is 0 Å². The lowest BCUT2D eigenvalue weighted by atomic mass is 10.1. The van der Waals surface area contributed by atoms with E-state index in [4.69, 9.17) is 9.47 Å². The summed E-state index contributed by atoms with van der Waals surface area (Å²) in [5.41, 5.74) is 3.03. The van der Waals surface area contributed by atoms with Gasteiger partial charge in [-0.15, -0.1) is 0 Å². The van der Waals surface area contributed by atoms with Crippen LogP contribution in [0.25, 0.3) is 0 Å². The van der Waals surface area contributed by atoms with Crippen LogP contribution in [0.4, 0.5) is 33.8 Å². The van der Waals surface area contributed by atoms with Crippen molar-refractivity contribution in [3.8, 4) is 11.5 Å². The number of pyridine rings is 1. The number of ether oxygens (including phenoxy) is 2. The summed E-state index contributed by atoms with van der Waals surface area (Å²) in [6.45, 7) is 7.73. The molecule has 0 bridgehead atoms. The predicted octanol–water partition coefficient (Wildman–Crippen LogP) is 5.33. The smallest absolute Gasteiger partial charge is 0.425 e. The van der Waals surface area contributed by atoms with Gasteiger partial charge in [0.1, 0.15) is 23.1 Å². The van der Waals surface area contributed by atoms with Crippen LogP contribution >= 0.6 is 0 Å². The molecule has 4 aromatic rings. The third-order valence-corrected chi connectivity index (χ3v) is 6.81. The zero-order valence-electron chi connectivity index (χ0n) is 23.2. The van der Waals surface area contributed by atoms with E-state index >= 15 is 0 Å². The minimum Gasteiger partial charge on any atom is -0.497 e. The number of likely N-dealkylation sites (N-methyl/N-ethyl adjacent to an activating group) is 1. The number of carbonyl (C=O) groups is 1. The highest BCUT2D eigenvalue weighted by Crippen LogP contribution is 2.30. The molecule has 1 fully saturated rings. The SMILES string of the molecule is COc1ccc(N(C(=O)Oc2c(C)cccc2C)c2ccnc(Nc3ccc(N4CCN(C)CC4)nc3)n2)cc1. The molecule has 0 radical (unpaired) electrons. The molecule has 0 unspecified atom stereocenters. The number of nitrogens with zero attached hydrogens (tertiary/aromatic N) is 6. The minimum absolute atomic E-state index is 0.324. The number of hydrogen-bond acceptors (Lipinski definition) is 9. The van der Waals surface area contributed by atoms with Crippen LogP contribution in [0.15, 0.2) is 73.1 Å². The van der Waals surface area contributed by atoms with Gasteiger partial charge in [0.15, 0.2) is 0 Å². The molecule has 0 atom stereocenters. The van der Waals surface area contributed by atoms with Crippen LogP contribution in [0.5, 0.6) is 11.5 Å². The van der Waals surface area contributed by atoms with Crippen LogP contribution in [0, 0.1) is 13.8 Å². The fraction of sp³-hybridized carbons (Fsp3) is 0.267. The number of hydrogen-bond donors (Lipinski definition) is 1. The number of aryl methyl sites for hydroxylation is 2. The van der Waals surface area contributed by atoms with Crippen molar-refractivity contribution in [3.63, 3.8) is 0 Å². The highest BCUT2D eigenvalue weighted by Gasteiger charge is 2.24. The molecule has 3 heterocycles. The van der Waals surface area contributed by atoms with E-state index in [9.17, 15) is 4.79 Å². The highest BCUT2D eigenvalue weighted by molar-refractivity contribution is 5.96. The van der Waals surface area contributed by atoms with Crippen LogP contribution in [0.2, 0.25) is 0 Å². The average molecular weight is 540 g/mol. The Morgan fingerprint density at radius 3 is 2.30 bits per heavy atom. The van der Waals surface area contributed by atoms with Crippen LogP contribution < -0.4 is 24.6 Å². The predicted molar refractivity (Wildman–Crippen MR) is 156 cm³/mol. The van der Waals surface area contributed by atoms with E-state index < -0.39 is 6.09 Å². The molecule has 2 aromatic heterocycles. The van der Waals surface area contributed by atoms with Gasteiger partial charge in [0, 0.05) is 38.4 Å². The normalized spacial score (nSPS) is 13.6. The fourth-order valence-corrected chi connectivity index (χ4v) is 4.50. The lowest BCUT2D eigenvalue weighted by molar-refractivity contribution is 0.209. The summed E-state index contributed by atoms with van der Waals surface area (Å²) >= 11 is 0. The Bertz CT molecular complexity index is 1430. The second-order valence-electron chi connectivity index (χ2n) is 9.68. The molecule has 1 N–H and O–H groups in total. The van der Waals surface area contributed by atoms with Crippen molar-refractivity contribution in [1.82, 2.24) is 19.9 Å².